The Labute approximate surface area is 166 Å². The van der Waals surface area contributed by atoms with E-state index in [1.807, 2.05) is 19.1 Å². The summed E-state index contributed by atoms with van der Waals surface area (Å²) in [7, 11) is 0. The Morgan fingerprint density at radius 3 is 2.39 bits per heavy atom. The predicted molar refractivity (Wildman–Crippen MR) is 104 cm³/mol. The first-order chi connectivity index (χ1) is 13.2. The molecule has 2 aromatic rings. The number of halogens is 1. The second kappa shape index (κ2) is 7.13. The van der Waals surface area contributed by atoms with Gasteiger partial charge in [0.05, 0.1) is 5.41 Å². The van der Waals surface area contributed by atoms with Crippen molar-refractivity contribution in [2.24, 2.45) is 0 Å². The monoisotopic (exact) mass is 399 g/mol. The van der Waals surface area contributed by atoms with E-state index in [1.54, 1.807) is 31.2 Å². The fourth-order valence-electron chi connectivity index (χ4n) is 3.39. The molecule has 0 saturated carbocycles. The second-order valence-electron chi connectivity index (χ2n) is 6.81. The molecule has 3 rings (SSSR count). The van der Waals surface area contributed by atoms with E-state index >= 15 is 0 Å². The first kappa shape index (κ1) is 19.6. The lowest BCUT2D eigenvalue weighted by Gasteiger charge is -2.35. The smallest absolute Gasteiger partial charge is 0.322 e. The van der Waals surface area contributed by atoms with Crippen LogP contribution < -0.4 is 5.32 Å². The molecule has 0 radical (unpaired) electrons. The molecule has 1 unspecified atom stereocenters. The molecule has 1 amide bonds. The van der Waals surface area contributed by atoms with Gasteiger partial charge >= 0.3 is 5.97 Å². The Morgan fingerprint density at radius 1 is 1.14 bits per heavy atom. The molecule has 0 aromatic heterocycles. The highest BCUT2D eigenvalue weighted by Crippen LogP contribution is 2.44. The van der Waals surface area contributed by atoms with Crippen LogP contribution in [0.3, 0.4) is 0 Å². The number of amides is 1. The van der Waals surface area contributed by atoms with E-state index in [-0.39, 0.29) is 5.56 Å². The zero-order valence-corrected chi connectivity index (χ0v) is 16.0. The van der Waals surface area contributed by atoms with Crippen LogP contribution in [0.15, 0.2) is 48.0 Å². The first-order valence-corrected chi connectivity index (χ1v) is 8.89. The van der Waals surface area contributed by atoms with Gasteiger partial charge < -0.3 is 15.5 Å². The number of aliphatic hydroxyl groups excluding tert-OH is 1. The zero-order chi connectivity index (χ0) is 20.6. The quantitative estimate of drug-likeness (QED) is 0.685. The molecule has 1 atom stereocenters. The van der Waals surface area contributed by atoms with E-state index in [9.17, 15) is 19.5 Å². The van der Waals surface area contributed by atoms with Crippen LogP contribution in [0.1, 0.15) is 29.2 Å². The lowest BCUT2D eigenvalue weighted by Crippen LogP contribution is -2.44. The number of aliphatic carboxylic acids is 1. The van der Waals surface area contributed by atoms with Gasteiger partial charge in [0.2, 0.25) is 0 Å². The van der Waals surface area contributed by atoms with E-state index in [0.29, 0.717) is 16.1 Å². The molecule has 0 aliphatic heterocycles. The van der Waals surface area contributed by atoms with Crippen molar-refractivity contribution in [3.63, 3.8) is 0 Å². The zero-order valence-electron chi connectivity index (χ0n) is 15.2. The molecular weight excluding hydrogens is 382 g/mol. The third kappa shape index (κ3) is 3.16. The molecule has 0 heterocycles. The summed E-state index contributed by atoms with van der Waals surface area (Å²) in [6, 6.07) is 12.0. The number of fused-ring (bicyclic) bond motifs is 1. The lowest BCUT2D eigenvalue weighted by atomic mass is 9.65. The number of carboxylic acid groups (broad SMARTS) is 1. The lowest BCUT2D eigenvalue weighted by molar-refractivity contribution is -0.138. The Bertz CT molecular complexity index is 1030. The maximum absolute atomic E-state index is 13.4. The maximum Gasteiger partial charge on any atom is 0.322 e. The third-order valence-electron chi connectivity index (χ3n) is 4.95. The third-order valence-corrected chi connectivity index (χ3v) is 5.18. The molecule has 6 nitrogen and oxygen atoms in total. The fourth-order valence-corrected chi connectivity index (χ4v) is 3.56. The molecule has 0 bridgehead atoms. The summed E-state index contributed by atoms with van der Waals surface area (Å²) < 4.78 is 0. The number of aryl methyl sites for hydroxylation is 1. The number of hydrogen-bond donors (Lipinski definition) is 3. The van der Waals surface area contributed by atoms with Crippen LogP contribution in [-0.4, -0.2) is 34.4 Å². The number of rotatable bonds is 4. The van der Waals surface area contributed by atoms with Gasteiger partial charge in [-0.1, -0.05) is 47.5 Å². The molecule has 0 saturated heterocycles. The van der Waals surface area contributed by atoms with Gasteiger partial charge in [-0.15, -0.1) is 0 Å². The predicted octanol–water partition coefficient (Wildman–Crippen LogP) is 3.01. The van der Waals surface area contributed by atoms with Crippen LogP contribution in [0.5, 0.6) is 0 Å². The number of ketones is 1. The Balaban J connectivity index is 2.23. The molecule has 28 heavy (non-hydrogen) atoms. The Hall–Kier alpha value is -3.12. The molecule has 1 aliphatic rings. The number of Topliss-reactive ketones (excluding diaryl/α,β-unsaturated/α-hetero) is 1. The number of hydrogen-bond acceptors (Lipinski definition) is 4. The van der Waals surface area contributed by atoms with Gasteiger partial charge in [0.25, 0.3) is 5.91 Å². The van der Waals surface area contributed by atoms with E-state index in [1.165, 1.54) is 6.07 Å². The van der Waals surface area contributed by atoms with Crippen molar-refractivity contribution in [1.82, 2.24) is 5.32 Å². The average Bonchev–Trinajstić information content (AvgIpc) is 2.65. The summed E-state index contributed by atoms with van der Waals surface area (Å²) in [4.78, 5) is 36.7. The summed E-state index contributed by atoms with van der Waals surface area (Å²) in [5.41, 5.74) is 0.677. The summed E-state index contributed by atoms with van der Waals surface area (Å²) in [5.74, 6) is -3.35. The molecule has 2 aromatic carbocycles. The highest BCUT2D eigenvalue weighted by atomic mass is 35.5. The van der Waals surface area contributed by atoms with E-state index < -0.39 is 41.0 Å². The van der Waals surface area contributed by atoms with Gasteiger partial charge in [0.1, 0.15) is 17.9 Å². The SMILES string of the molecule is Cc1ccc(C2(C)C(=O)C(C(=O)NCC(=O)O)=C(O)c3cc(Cl)ccc32)cc1. The first-order valence-electron chi connectivity index (χ1n) is 8.52. The van der Waals surface area contributed by atoms with Gasteiger partial charge in [-0.2, -0.15) is 0 Å². The van der Waals surface area contributed by atoms with Gasteiger partial charge in [-0.25, -0.2) is 0 Å². The van der Waals surface area contributed by atoms with Crippen molar-refractivity contribution in [3.05, 3.63) is 75.3 Å². The van der Waals surface area contributed by atoms with Crippen molar-refractivity contribution in [3.8, 4) is 0 Å². The van der Waals surface area contributed by atoms with Gasteiger partial charge in [0.15, 0.2) is 5.78 Å². The number of carboxylic acids is 1. The minimum absolute atomic E-state index is 0.260. The van der Waals surface area contributed by atoms with Crippen LogP contribution in [-0.2, 0) is 19.8 Å². The summed E-state index contributed by atoms with van der Waals surface area (Å²) in [6.07, 6.45) is 0. The normalized spacial score (nSPS) is 18.6. The van der Waals surface area contributed by atoms with Crippen molar-refractivity contribution < 1.29 is 24.6 Å². The van der Waals surface area contributed by atoms with Crippen molar-refractivity contribution in [2.75, 3.05) is 6.54 Å². The van der Waals surface area contributed by atoms with Crippen LogP contribution >= 0.6 is 11.6 Å². The van der Waals surface area contributed by atoms with E-state index in [2.05, 4.69) is 5.32 Å². The van der Waals surface area contributed by atoms with Crippen LogP contribution in [0.4, 0.5) is 0 Å². The van der Waals surface area contributed by atoms with Crippen molar-refractivity contribution in [2.45, 2.75) is 19.3 Å². The largest absolute Gasteiger partial charge is 0.506 e. The van der Waals surface area contributed by atoms with Crippen molar-refractivity contribution >= 4 is 35.0 Å². The van der Waals surface area contributed by atoms with Crippen LogP contribution in [0.25, 0.3) is 5.76 Å². The molecular formula is C21H18ClNO5. The molecule has 7 heteroatoms. The number of benzene rings is 2. The molecule has 3 N–H and O–H groups in total. The summed E-state index contributed by atoms with van der Waals surface area (Å²) >= 11 is 6.07. The summed E-state index contributed by atoms with van der Waals surface area (Å²) in [5, 5.41) is 21.9. The number of carbonyl (C=O) groups excluding carboxylic acids is 2. The van der Waals surface area contributed by atoms with E-state index in [4.69, 9.17) is 16.7 Å². The average molecular weight is 400 g/mol. The van der Waals surface area contributed by atoms with Gasteiger partial charge in [-0.05, 0) is 37.1 Å². The molecule has 0 fully saturated rings. The topological polar surface area (TPSA) is 104 Å². The fraction of sp³-hybridized carbons (Fsp3) is 0.190. The summed E-state index contributed by atoms with van der Waals surface area (Å²) in [6.45, 7) is 2.91. The van der Waals surface area contributed by atoms with Gasteiger partial charge in [-0.3, -0.25) is 14.4 Å². The Morgan fingerprint density at radius 2 is 1.79 bits per heavy atom. The second-order valence-corrected chi connectivity index (χ2v) is 7.25. The van der Waals surface area contributed by atoms with Crippen LogP contribution in [0.2, 0.25) is 5.02 Å². The minimum atomic E-state index is -1.26. The molecule has 1 aliphatic carbocycles. The highest BCUT2D eigenvalue weighted by molar-refractivity contribution is 6.32. The minimum Gasteiger partial charge on any atom is -0.506 e. The number of aliphatic hydroxyl groups is 1. The molecule has 144 valence electrons. The maximum atomic E-state index is 13.4. The standard InChI is InChI=1S/C21H18ClNO5/c1-11-3-5-12(6-4-11)21(2)15-8-7-13(22)9-14(15)18(26)17(19(21)27)20(28)23-10-16(24)25/h3-9,26H,10H2,1-2H3,(H,23,28)(H,24,25). The highest BCUT2D eigenvalue weighted by Gasteiger charge is 2.47. The van der Waals surface area contributed by atoms with Gasteiger partial charge in [0, 0.05) is 10.6 Å². The number of nitrogens with one attached hydrogen (secondary N) is 1. The van der Waals surface area contributed by atoms with Crippen LogP contribution in [0, 0.1) is 6.92 Å². The molecule has 0 spiro atoms. The Kier molecular flexibility index (Phi) is 5.00. The number of carbonyl (C=O) groups is 3. The van der Waals surface area contributed by atoms with E-state index in [0.717, 1.165) is 5.56 Å². The van der Waals surface area contributed by atoms with Crippen molar-refractivity contribution in [1.29, 1.82) is 0 Å².